The van der Waals surface area contributed by atoms with Gasteiger partial charge in [-0.3, -0.25) is 0 Å². The lowest BCUT2D eigenvalue weighted by molar-refractivity contribution is 0.296. The lowest BCUT2D eigenvalue weighted by Gasteiger charge is -2.11. The smallest absolute Gasteiger partial charge is 0.225 e. The molecule has 1 heterocycles. The van der Waals surface area contributed by atoms with Crippen molar-refractivity contribution >= 4 is 10.9 Å². The zero-order valence-electron chi connectivity index (χ0n) is 12.3. The molecule has 0 aliphatic carbocycles. The lowest BCUT2D eigenvalue weighted by atomic mass is 10.2. The van der Waals surface area contributed by atoms with Crippen LogP contribution in [0.15, 0.2) is 54.6 Å². The Balaban J connectivity index is 1.96. The first-order chi connectivity index (χ1) is 10.2. The van der Waals surface area contributed by atoms with Crippen molar-refractivity contribution in [2.24, 2.45) is 0 Å². The molecule has 0 saturated heterocycles. The fourth-order valence-electron chi connectivity index (χ4n) is 2.16. The van der Waals surface area contributed by atoms with Crippen LogP contribution in [0.1, 0.15) is 31.2 Å². The SMILES string of the molecule is CC(C)c1nc(OCc2ccccc2)c2ccccc2n1. The van der Waals surface area contributed by atoms with Crippen molar-refractivity contribution in [3.8, 4) is 5.88 Å². The van der Waals surface area contributed by atoms with Crippen molar-refractivity contribution < 1.29 is 4.74 Å². The molecule has 2 aromatic carbocycles. The molecule has 21 heavy (non-hydrogen) atoms. The molecular formula is C18H18N2O. The highest BCUT2D eigenvalue weighted by atomic mass is 16.5. The van der Waals surface area contributed by atoms with Gasteiger partial charge < -0.3 is 4.74 Å². The monoisotopic (exact) mass is 278 g/mol. The van der Waals surface area contributed by atoms with Gasteiger partial charge in [0.25, 0.3) is 0 Å². The molecule has 0 aliphatic rings. The molecule has 1 aromatic heterocycles. The minimum atomic E-state index is 0.272. The first-order valence-corrected chi connectivity index (χ1v) is 7.17. The Morgan fingerprint density at radius 1 is 0.905 bits per heavy atom. The van der Waals surface area contributed by atoms with Gasteiger partial charge in [0.1, 0.15) is 12.4 Å². The van der Waals surface area contributed by atoms with Gasteiger partial charge in [-0.05, 0) is 17.7 Å². The molecule has 0 radical (unpaired) electrons. The van der Waals surface area contributed by atoms with Gasteiger partial charge in [-0.15, -0.1) is 0 Å². The van der Waals surface area contributed by atoms with Crippen molar-refractivity contribution in [2.75, 3.05) is 0 Å². The highest BCUT2D eigenvalue weighted by molar-refractivity contribution is 5.83. The number of hydrogen-bond acceptors (Lipinski definition) is 3. The fourth-order valence-corrected chi connectivity index (χ4v) is 2.16. The molecule has 106 valence electrons. The fraction of sp³-hybridized carbons (Fsp3) is 0.222. The number of hydrogen-bond donors (Lipinski definition) is 0. The van der Waals surface area contributed by atoms with Gasteiger partial charge in [0.15, 0.2) is 0 Å². The van der Waals surface area contributed by atoms with E-state index in [1.165, 1.54) is 0 Å². The van der Waals surface area contributed by atoms with E-state index in [-0.39, 0.29) is 5.92 Å². The Hall–Kier alpha value is -2.42. The third-order valence-electron chi connectivity index (χ3n) is 3.32. The minimum Gasteiger partial charge on any atom is -0.472 e. The van der Waals surface area contributed by atoms with Crippen LogP contribution in [0.4, 0.5) is 0 Å². The normalized spacial score (nSPS) is 11.0. The molecule has 0 fully saturated rings. The average molecular weight is 278 g/mol. The highest BCUT2D eigenvalue weighted by Gasteiger charge is 2.11. The van der Waals surface area contributed by atoms with Crippen LogP contribution in [0.3, 0.4) is 0 Å². The molecule has 3 aromatic rings. The van der Waals surface area contributed by atoms with Crippen LogP contribution >= 0.6 is 0 Å². The summed E-state index contributed by atoms with van der Waals surface area (Å²) >= 11 is 0. The molecule has 3 nitrogen and oxygen atoms in total. The zero-order valence-corrected chi connectivity index (χ0v) is 12.3. The number of benzene rings is 2. The van der Waals surface area contributed by atoms with Gasteiger partial charge in [0.2, 0.25) is 5.88 Å². The molecule has 0 unspecified atom stereocenters. The van der Waals surface area contributed by atoms with E-state index in [4.69, 9.17) is 4.74 Å². The predicted octanol–water partition coefficient (Wildman–Crippen LogP) is 4.33. The lowest BCUT2D eigenvalue weighted by Crippen LogP contribution is -2.03. The Bertz CT molecular complexity index is 739. The van der Waals surface area contributed by atoms with E-state index < -0.39 is 0 Å². The summed E-state index contributed by atoms with van der Waals surface area (Å²) in [4.78, 5) is 9.18. The Labute approximate surface area is 124 Å². The van der Waals surface area contributed by atoms with E-state index in [9.17, 15) is 0 Å². The van der Waals surface area contributed by atoms with Crippen LogP contribution in [0.25, 0.3) is 10.9 Å². The van der Waals surface area contributed by atoms with E-state index in [1.54, 1.807) is 0 Å². The summed E-state index contributed by atoms with van der Waals surface area (Å²) in [5.74, 6) is 1.75. The van der Waals surface area contributed by atoms with E-state index in [0.29, 0.717) is 12.5 Å². The maximum atomic E-state index is 5.95. The Morgan fingerprint density at radius 3 is 2.38 bits per heavy atom. The maximum absolute atomic E-state index is 5.95. The second kappa shape index (κ2) is 5.92. The van der Waals surface area contributed by atoms with E-state index in [0.717, 1.165) is 22.3 Å². The summed E-state index contributed by atoms with van der Waals surface area (Å²) in [6.07, 6.45) is 0. The predicted molar refractivity (Wildman–Crippen MR) is 84.4 cm³/mol. The van der Waals surface area contributed by atoms with E-state index in [2.05, 4.69) is 23.8 Å². The van der Waals surface area contributed by atoms with Gasteiger partial charge in [0, 0.05) is 5.92 Å². The van der Waals surface area contributed by atoms with Crippen LogP contribution in [-0.4, -0.2) is 9.97 Å². The Kier molecular flexibility index (Phi) is 3.82. The van der Waals surface area contributed by atoms with Crippen LogP contribution in [-0.2, 0) is 6.61 Å². The molecule has 0 aliphatic heterocycles. The molecule has 0 amide bonds. The molecule has 0 bridgehead atoms. The van der Waals surface area contributed by atoms with Gasteiger partial charge in [-0.25, -0.2) is 4.98 Å². The van der Waals surface area contributed by atoms with Crippen molar-refractivity contribution in [3.63, 3.8) is 0 Å². The van der Waals surface area contributed by atoms with Crippen LogP contribution in [0.2, 0.25) is 0 Å². The third kappa shape index (κ3) is 3.02. The second-order valence-corrected chi connectivity index (χ2v) is 5.33. The summed E-state index contributed by atoms with van der Waals surface area (Å²) in [7, 11) is 0. The molecule has 3 heteroatoms. The van der Waals surface area contributed by atoms with Crippen molar-refractivity contribution in [3.05, 3.63) is 66.0 Å². The van der Waals surface area contributed by atoms with Crippen molar-refractivity contribution in [1.82, 2.24) is 9.97 Å². The number of aromatic nitrogens is 2. The summed E-state index contributed by atoms with van der Waals surface area (Å²) in [5, 5.41) is 0.956. The van der Waals surface area contributed by atoms with Crippen LogP contribution in [0.5, 0.6) is 5.88 Å². The van der Waals surface area contributed by atoms with Crippen LogP contribution < -0.4 is 4.74 Å². The number of fused-ring (bicyclic) bond motifs is 1. The third-order valence-corrected chi connectivity index (χ3v) is 3.32. The summed E-state index contributed by atoms with van der Waals surface area (Å²) in [6, 6.07) is 18.1. The number of para-hydroxylation sites is 1. The van der Waals surface area contributed by atoms with E-state index >= 15 is 0 Å². The second-order valence-electron chi connectivity index (χ2n) is 5.33. The highest BCUT2D eigenvalue weighted by Crippen LogP contribution is 2.25. The summed E-state index contributed by atoms with van der Waals surface area (Å²) < 4.78 is 5.95. The number of nitrogens with zero attached hydrogens (tertiary/aromatic N) is 2. The topological polar surface area (TPSA) is 35.0 Å². The molecule has 0 N–H and O–H groups in total. The van der Waals surface area contributed by atoms with Gasteiger partial charge >= 0.3 is 0 Å². The number of rotatable bonds is 4. The minimum absolute atomic E-state index is 0.272. The number of ether oxygens (including phenoxy) is 1. The molecule has 0 spiro atoms. The molecule has 0 saturated carbocycles. The molecular weight excluding hydrogens is 260 g/mol. The first-order valence-electron chi connectivity index (χ1n) is 7.17. The summed E-state index contributed by atoms with van der Waals surface area (Å²) in [5.41, 5.74) is 2.06. The van der Waals surface area contributed by atoms with E-state index in [1.807, 2.05) is 54.6 Å². The average Bonchev–Trinajstić information content (AvgIpc) is 2.53. The van der Waals surface area contributed by atoms with Crippen molar-refractivity contribution in [2.45, 2.75) is 26.4 Å². The van der Waals surface area contributed by atoms with Crippen LogP contribution in [0, 0.1) is 0 Å². The zero-order chi connectivity index (χ0) is 14.7. The molecule has 0 atom stereocenters. The largest absolute Gasteiger partial charge is 0.472 e. The quantitative estimate of drug-likeness (QED) is 0.712. The summed E-state index contributed by atoms with van der Waals surface area (Å²) in [6.45, 7) is 4.69. The maximum Gasteiger partial charge on any atom is 0.225 e. The van der Waals surface area contributed by atoms with Gasteiger partial charge in [-0.1, -0.05) is 56.3 Å². The standard InChI is InChI=1S/C18H18N2O/c1-13(2)17-19-16-11-7-6-10-15(16)18(20-17)21-12-14-8-4-3-5-9-14/h3-11,13H,12H2,1-2H3. The van der Waals surface area contributed by atoms with Gasteiger partial charge in [-0.2, -0.15) is 4.98 Å². The molecule has 3 rings (SSSR count). The van der Waals surface area contributed by atoms with Crippen molar-refractivity contribution in [1.29, 1.82) is 0 Å². The van der Waals surface area contributed by atoms with Gasteiger partial charge in [0.05, 0.1) is 10.9 Å². The Morgan fingerprint density at radius 2 is 1.62 bits per heavy atom. The first kappa shape index (κ1) is 13.6.